The summed E-state index contributed by atoms with van der Waals surface area (Å²) in [6.45, 7) is 3.40. The molecule has 1 aliphatic rings. The largest absolute Gasteiger partial charge is 0.375 e. The minimum absolute atomic E-state index is 0.0855. The predicted octanol–water partition coefficient (Wildman–Crippen LogP) is 1.88. The minimum Gasteiger partial charge on any atom is -0.375 e. The summed E-state index contributed by atoms with van der Waals surface area (Å²) in [4.78, 5) is 14.4. The molecule has 0 spiro atoms. The topological polar surface area (TPSA) is 108 Å². The monoisotopic (exact) mass is 373 g/mol. The molecule has 1 amide bonds. The SMILES string of the molecule is CC(CC1(O)C(=O)Nc2ccccc21)=NNS(=O)(=O)c1ccc(C)cc1. The van der Waals surface area contributed by atoms with Gasteiger partial charge in [0, 0.05) is 23.4 Å². The van der Waals surface area contributed by atoms with E-state index in [4.69, 9.17) is 0 Å². The summed E-state index contributed by atoms with van der Waals surface area (Å²) in [7, 11) is -3.82. The standard InChI is InChI=1S/C18H19N3O4S/c1-12-7-9-14(10-8-12)26(24,25)21-20-13(2)11-18(23)15-5-3-4-6-16(15)19-17(18)22/h3-10,21,23H,11H2,1-2H3,(H,19,22). The number of nitrogens with one attached hydrogen (secondary N) is 2. The lowest BCUT2D eigenvalue weighted by molar-refractivity contribution is -0.132. The summed E-state index contributed by atoms with van der Waals surface area (Å²) < 4.78 is 24.5. The van der Waals surface area contributed by atoms with Crippen molar-refractivity contribution in [2.75, 3.05) is 5.32 Å². The van der Waals surface area contributed by atoms with Crippen LogP contribution in [-0.2, 0) is 20.4 Å². The molecule has 1 atom stereocenters. The fraction of sp³-hybridized carbons (Fsp3) is 0.222. The van der Waals surface area contributed by atoms with Crippen molar-refractivity contribution in [2.45, 2.75) is 30.8 Å². The van der Waals surface area contributed by atoms with E-state index < -0.39 is 21.5 Å². The molecule has 0 fully saturated rings. The quantitative estimate of drug-likeness (QED) is 0.549. The Bertz CT molecular complexity index is 984. The maximum Gasteiger partial charge on any atom is 0.276 e. The number of hydrogen-bond acceptors (Lipinski definition) is 5. The molecule has 0 aromatic heterocycles. The Hall–Kier alpha value is -2.71. The molecule has 136 valence electrons. The highest BCUT2D eigenvalue weighted by molar-refractivity contribution is 7.89. The molecule has 0 aliphatic carbocycles. The smallest absolute Gasteiger partial charge is 0.276 e. The zero-order valence-electron chi connectivity index (χ0n) is 14.4. The zero-order chi connectivity index (χ0) is 18.9. The molecule has 0 saturated carbocycles. The highest BCUT2D eigenvalue weighted by Gasteiger charge is 2.45. The highest BCUT2D eigenvalue weighted by Crippen LogP contribution is 2.38. The number of amides is 1. The Morgan fingerprint density at radius 1 is 1.19 bits per heavy atom. The lowest BCUT2D eigenvalue weighted by atomic mass is 9.90. The van der Waals surface area contributed by atoms with Crippen LogP contribution in [0.1, 0.15) is 24.5 Å². The number of anilines is 1. The summed E-state index contributed by atoms with van der Waals surface area (Å²) in [5, 5.41) is 17.3. The summed E-state index contributed by atoms with van der Waals surface area (Å²) in [6, 6.07) is 13.2. The first kappa shape index (κ1) is 18.1. The van der Waals surface area contributed by atoms with Crippen molar-refractivity contribution in [1.29, 1.82) is 0 Å². The number of nitrogens with zero attached hydrogens (tertiary/aromatic N) is 1. The number of rotatable bonds is 5. The van der Waals surface area contributed by atoms with E-state index in [0.29, 0.717) is 11.3 Å². The number of aryl methyl sites for hydroxylation is 1. The lowest BCUT2D eigenvalue weighted by Crippen LogP contribution is -2.36. The Morgan fingerprint density at radius 2 is 1.85 bits per heavy atom. The van der Waals surface area contributed by atoms with Crippen molar-refractivity contribution in [1.82, 2.24) is 4.83 Å². The Kier molecular flexibility index (Phi) is 4.55. The molecule has 0 bridgehead atoms. The Balaban J connectivity index is 1.79. The number of carbonyl (C=O) groups is 1. The van der Waals surface area contributed by atoms with Gasteiger partial charge in [0.2, 0.25) is 0 Å². The first-order valence-corrected chi connectivity index (χ1v) is 9.46. The molecule has 7 nitrogen and oxygen atoms in total. The lowest BCUT2D eigenvalue weighted by Gasteiger charge is -2.20. The zero-order valence-corrected chi connectivity index (χ0v) is 15.2. The van der Waals surface area contributed by atoms with Crippen molar-refractivity contribution < 1.29 is 18.3 Å². The van der Waals surface area contributed by atoms with Gasteiger partial charge in [-0.1, -0.05) is 35.9 Å². The van der Waals surface area contributed by atoms with E-state index in [1.807, 2.05) is 6.92 Å². The second-order valence-corrected chi connectivity index (χ2v) is 7.95. The number of fused-ring (bicyclic) bond motifs is 1. The van der Waals surface area contributed by atoms with Gasteiger partial charge in [-0.3, -0.25) is 4.79 Å². The third kappa shape index (κ3) is 3.33. The molecule has 1 aliphatic heterocycles. The molecular formula is C18H19N3O4S. The Labute approximate surface area is 151 Å². The molecule has 3 N–H and O–H groups in total. The van der Waals surface area contributed by atoms with Crippen LogP contribution in [-0.4, -0.2) is 25.1 Å². The molecule has 0 saturated heterocycles. The number of benzene rings is 2. The first-order chi connectivity index (χ1) is 12.2. The van der Waals surface area contributed by atoms with Gasteiger partial charge in [-0.2, -0.15) is 13.5 Å². The average Bonchev–Trinajstić information content (AvgIpc) is 2.84. The molecule has 2 aromatic rings. The second-order valence-electron chi connectivity index (χ2n) is 6.29. The van der Waals surface area contributed by atoms with Crippen molar-refractivity contribution >= 4 is 27.3 Å². The van der Waals surface area contributed by atoms with Crippen LogP contribution >= 0.6 is 0 Å². The Morgan fingerprint density at radius 3 is 2.54 bits per heavy atom. The molecule has 1 unspecified atom stereocenters. The normalized spacial score (nSPS) is 19.8. The molecule has 1 heterocycles. The fourth-order valence-corrected chi connectivity index (χ4v) is 3.67. The second kappa shape index (κ2) is 6.54. The van der Waals surface area contributed by atoms with Crippen molar-refractivity contribution in [3.05, 3.63) is 59.7 Å². The van der Waals surface area contributed by atoms with E-state index in [1.54, 1.807) is 43.3 Å². The third-order valence-electron chi connectivity index (χ3n) is 4.20. The number of sulfonamides is 1. The van der Waals surface area contributed by atoms with Crippen LogP contribution in [0.5, 0.6) is 0 Å². The van der Waals surface area contributed by atoms with Gasteiger partial charge >= 0.3 is 0 Å². The molecular weight excluding hydrogens is 354 g/mol. The van der Waals surface area contributed by atoms with E-state index in [2.05, 4.69) is 15.2 Å². The maximum absolute atomic E-state index is 12.3. The van der Waals surface area contributed by atoms with Gasteiger partial charge in [0.1, 0.15) is 0 Å². The van der Waals surface area contributed by atoms with E-state index in [1.165, 1.54) is 12.1 Å². The minimum atomic E-state index is -3.82. The van der Waals surface area contributed by atoms with Gasteiger partial charge in [0.05, 0.1) is 4.90 Å². The molecule has 26 heavy (non-hydrogen) atoms. The van der Waals surface area contributed by atoms with Crippen molar-refractivity contribution in [2.24, 2.45) is 5.10 Å². The van der Waals surface area contributed by atoms with E-state index in [9.17, 15) is 18.3 Å². The van der Waals surface area contributed by atoms with Gasteiger partial charge in [-0.15, -0.1) is 0 Å². The fourth-order valence-electron chi connectivity index (χ4n) is 2.79. The number of hydrogen-bond donors (Lipinski definition) is 3. The van der Waals surface area contributed by atoms with Crippen LogP contribution in [0.4, 0.5) is 5.69 Å². The van der Waals surface area contributed by atoms with Gasteiger partial charge < -0.3 is 10.4 Å². The van der Waals surface area contributed by atoms with Crippen LogP contribution in [0.2, 0.25) is 0 Å². The predicted molar refractivity (Wildman–Crippen MR) is 98.2 cm³/mol. The van der Waals surface area contributed by atoms with E-state index in [0.717, 1.165) is 5.56 Å². The van der Waals surface area contributed by atoms with Crippen LogP contribution in [0, 0.1) is 6.92 Å². The van der Waals surface area contributed by atoms with E-state index in [-0.39, 0.29) is 17.0 Å². The molecule has 3 rings (SSSR count). The number of aliphatic hydroxyl groups is 1. The van der Waals surface area contributed by atoms with Gasteiger partial charge in [0.25, 0.3) is 15.9 Å². The van der Waals surface area contributed by atoms with Crippen molar-refractivity contribution in [3.63, 3.8) is 0 Å². The highest BCUT2D eigenvalue weighted by atomic mass is 32.2. The average molecular weight is 373 g/mol. The summed E-state index contributed by atoms with van der Waals surface area (Å²) in [5.41, 5.74) is 0.417. The number of carbonyl (C=O) groups excluding carboxylic acids is 1. The number of para-hydroxylation sites is 1. The van der Waals surface area contributed by atoms with Gasteiger partial charge in [-0.05, 0) is 32.0 Å². The van der Waals surface area contributed by atoms with Crippen molar-refractivity contribution in [3.8, 4) is 0 Å². The summed E-state index contributed by atoms with van der Waals surface area (Å²) in [6.07, 6.45) is -0.133. The van der Waals surface area contributed by atoms with Gasteiger partial charge in [0.15, 0.2) is 5.60 Å². The summed E-state index contributed by atoms with van der Waals surface area (Å²) >= 11 is 0. The van der Waals surface area contributed by atoms with Crippen LogP contribution in [0.3, 0.4) is 0 Å². The van der Waals surface area contributed by atoms with E-state index >= 15 is 0 Å². The summed E-state index contributed by atoms with van der Waals surface area (Å²) in [5.74, 6) is -0.561. The van der Waals surface area contributed by atoms with Crippen LogP contribution in [0.25, 0.3) is 0 Å². The molecule has 8 heteroatoms. The van der Waals surface area contributed by atoms with Gasteiger partial charge in [-0.25, -0.2) is 4.83 Å². The van der Waals surface area contributed by atoms with Crippen LogP contribution in [0.15, 0.2) is 58.5 Å². The number of hydrazone groups is 1. The maximum atomic E-state index is 12.3. The van der Waals surface area contributed by atoms with Crippen LogP contribution < -0.4 is 10.1 Å². The molecule has 2 aromatic carbocycles. The first-order valence-electron chi connectivity index (χ1n) is 7.97. The molecule has 0 radical (unpaired) electrons. The third-order valence-corrected chi connectivity index (χ3v) is 5.42.